The molecule has 1 aromatic heterocycles. The van der Waals surface area contributed by atoms with Crippen LogP contribution in [0.4, 0.5) is 26.0 Å². The van der Waals surface area contributed by atoms with Crippen LogP contribution in [0.1, 0.15) is 17.3 Å². The molecule has 5 N–H and O–H groups in total. The smallest absolute Gasteiger partial charge is 0.258 e. The van der Waals surface area contributed by atoms with E-state index in [0.29, 0.717) is 11.6 Å². The summed E-state index contributed by atoms with van der Waals surface area (Å²) in [7, 11) is -2.26. The van der Waals surface area contributed by atoms with E-state index >= 15 is 0 Å². The normalized spacial score (nSPS) is 15.0. The van der Waals surface area contributed by atoms with Crippen LogP contribution in [-0.2, 0) is 14.6 Å². The first-order chi connectivity index (χ1) is 19.9. The number of halogens is 2. The summed E-state index contributed by atoms with van der Waals surface area (Å²) in [5.41, 5.74) is 7.38. The van der Waals surface area contributed by atoms with Gasteiger partial charge in [-0.2, -0.15) is 5.10 Å². The Morgan fingerprint density at radius 1 is 0.952 bits per heavy atom. The van der Waals surface area contributed by atoms with Crippen molar-refractivity contribution in [1.82, 2.24) is 15.1 Å². The molecule has 0 bridgehead atoms. The van der Waals surface area contributed by atoms with Gasteiger partial charge in [-0.15, -0.1) is 0 Å². The fraction of sp³-hybridized carbons (Fsp3) is 0.250. The maximum atomic E-state index is 13.7. The third kappa shape index (κ3) is 5.95. The lowest BCUT2D eigenvalue weighted by Gasteiger charge is -2.34. The van der Waals surface area contributed by atoms with Gasteiger partial charge in [0.15, 0.2) is 5.82 Å². The molecule has 5 rings (SSSR count). The highest BCUT2D eigenvalue weighted by atomic mass is 32.2. The molecule has 1 atom stereocenters. The number of H-pyrrole nitrogens is 1. The van der Waals surface area contributed by atoms with Gasteiger partial charge in [-0.25, -0.2) is 17.2 Å². The number of nitrogens with zero attached hydrogens (tertiary/aromatic N) is 3. The van der Waals surface area contributed by atoms with Crippen molar-refractivity contribution in [2.75, 3.05) is 48.8 Å². The summed E-state index contributed by atoms with van der Waals surface area (Å²) in [5, 5.41) is 12.5. The molecule has 220 valence electrons. The minimum absolute atomic E-state index is 0.0186. The number of hydrogen-bond acceptors (Lipinski definition) is 8. The van der Waals surface area contributed by atoms with Gasteiger partial charge in [-0.1, -0.05) is 0 Å². The molecule has 4 aromatic rings. The lowest BCUT2D eigenvalue weighted by molar-refractivity contribution is -0.117. The van der Waals surface area contributed by atoms with Crippen molar-refractivity contribution < 1.29 is 26.8 Å². The minimum Gasteiger partial charge on any atom is -0.369 e. The van der Waals surface area contributed by atoms with E-state index in [1.165, 1.54) is 25.1 Å². The molecule has 0 spiro atoms. The quantitative estimate of drug-likeness (QED) is 0.254. The number of nitrogens with one attached hydrogen (secondary N) is 3. The van der Waals surface area contributed by atoms with Crippen molar-refractivity contribution in [3.05, 3.63) is 71.8 Å². The molecule has 0 aliphatic carbocycles. The van der Waals surface area contributed by atoms with Crippen LogP contribution in [0, 0.1) is 11.6 Å². The van der Waals surface area contributed by atoms with E-state index in [2.05, 4.69) is 30.6 Å². The van der Waals surface area contributed by atoms with Gasteiger partial charge in [0.1, 0.15) is 11.6 Å². The Bertz CT molecular complexity index is 1760. The Morgan fingerprint density at radius 2 is 1.64 bits per heavy atom. The second-order valence-corrected chi connectivity index (χ2v) is 12.1. The number of anilines is 3. The van der Waals surface area contributed by atoms with Crippen molar-refractivity contribution >= 4 is 49.7 Å². The number of fused-ring (bicyclic) bond motifs is 1. The van der Waals surface area contributed by atoms with Crippen LogP contribution in [0.15, 0.2) is 64.4 Å². The standard InChI is InChI=1S/C28H29F2N7O4S/c1-16(31)27(38)32-25-14-19(37-9-7-36(2)8-10-37)3-5-22(25)28(39)33-26-23-15-20(4-6-24(23)34-35-26)42(40,41)21-12-17(29)11-18(30)13-21/h3-6,11-16H,7-10,31H2,1-2H3,(H,32,38)(H2,33,34,35,39). The summed E-state index contributed by atoms with van der Waals surface area (Å²) in [6.45, 7) is 4.80. The molecule has 1 saturated heterocycles. The monoisotopic (exact) mass is 597 g/mol. The molecule has 3 aromatic carbocycles. The van der Waals surface area contributed by atoms with Crippen molar-refractivity contribution in [3.8, 4) is 0 Å². The number of aromatic amines is 1. The molecule has 1 aliphatic heterocycles. The number of benzene rings is 3. The number of carbonyl (C=O) groups excluding carboxylic acids is 2. The van der Waals surface area contributed by atoms with Crippen molar-refractivity contribution in [2.45, 2.75) is 22.8 Å². The highest BCUT2D eigenvalue weighted by Gasteiger charge is 2.24. The molecular weight excluding hydrogens is 568 g/mol. The van der Waals surface area contributed by atoms with Crippen LogP contribution in [-0.4, -0.2) is 74.6 Å². The van der Waals surface area contributed by atoms with Crippen molar-refractivity contribution in [2.24, 2.45) is 5.73 Å². The second-order valence-electron chi connectivity index (χ2n) is 10.1. The topological polar surface area (TPSA) is 154 Å². The van der Waals surface area contributed by atoms with Gasteiger partial charge in [0.05, 0.1) is 32.6 Å². The Hall–Kier alpha value is -4.40. The molecule has 1 aliphatic rings. The second kappa shape index (κ2) is 11.5. The van der Waals surface area contributed by atoms with E-state index in [4.69, 9.17) is 5.73 Å². The fourth-order valence-electron chi connectivity index (χ4n) is 4.59. The lowest BCUT2D eigenvalue weighted by atomic mass is 10.1. The molecule has 1 fully saturated rings. The third-order valence-corrected chi connectivity index (χ3v) is 8.74. The molecular formula is C28H29F2N7O4S. The molecule has 2 heterocycles. The largest absolute Gasteiger partial charge is 0.369 e. The fourth-order valence-corrected chi connectivity index (χ4v) is 5.92. The van der Waals surface area contributed by atoms with Gasteiger partial charge in [0.25, 0.3) is 5.91 Å². The van der Waals surface area contributed by atoms with E-state index in [9.17, 15) is 26.8 Å². The number of likely N-dealkylation sites (N-methyl/N-ethyl adjacent to an activating group) is 1. The number of carbonyl (C=O) groups is 2. The van der Waals surface area contributed by atoms with Gasteiger partial charge < -0.3 is 26.2 Å². The summed E-state index contributed by atoms with van der Waals surface area (Å²) in [4.78, 5) is 29.5. The van der Waals surface area contributed by atoms with E-state index in [-0.39, 0.29) is 27.4 Å². The minimum atomic E-state index is -4.30. The Labute approximate surface area is 240 Å². The average Bonchev–Trinajstić information content (AvgIpc) is 3.34. The third-order valence-electron chi connectivity index (χ3n) is 7.01. The van der Waals surface area contributed by atoms with Crippen LogP contribution < -0.4 is 21.3 Å². The molecule has 1 unspecified atom stereocenters. The van der Waals surface area contributed by atoms with Crippen LogP contribution in [0.3, 0.4) is 0 Å². The van der Waals surface area contributed by atoms with E-state index in [0.717, 1.165) is 44.0 Å². The first kappa shape index (κ1) is 29.1. The highest BCUT2D eigenvalue weighted by Crippen LogP contribution is 2.30. The SMILES string of the molecule is CC(N)C(=O)Nc1cc(N2CCN(C)CC2)ccc1C(=O)Nc1n[nH]c2ccc(S(=O)(=O)c3cc(F)cc(F)c3)cc12. The summed E-state index contributed by atoms with van der Waals surface area (Å²) >= 11 is 0. The highest BCUT2D eigenvalue weighted by molar-refractivity contribution is 7.91. The van der Waals surface area contributed by atoms with Gasteiger partial charge >= 0.3 is 0 Å². The first-order valence-corrected chi connectivity index (χ1v) is 14.6. The Balaban J connectivity index is 1.47. The zero-order chi connectivity index (χ0) is 30.2. The molecule has 2 amide bonds. The predicted molar refractivity (Wildman–Crippen MR) is 154 cm³/mol. The number of hydrogen-bond donors (Lipinski definition) is 4. The van der Waals surface area contributed by atoms with E-state index in [1.807, 2.05) is 7.05 Å². The van der Waals surface area contributed by atoms with E-state index < -0.39 is 44.2 Å². The summed E-state index contributed by atoms with van der Waals surface area (Å²) in [5.74, 6) is -3.14. The maximum Gasteiger partial charge on any atom is 0.258 e. The van der Waals surface area contributed by atoms with Crippen LogP contribution in [0.5, 0.6) is 0 Å². The van der Waals surface area contributed by atoms with Crippen molar-refractivity contribution in [1.29, 1.82) is 0 Å². The Kier molecular flexibility index (Phi) is 7.95. The maximum absolute atomic E-state index is 13.7. The molecule has 0 saturated carbocycles. The molecule has 11 nitrogen and oxygen atoms in total. The number of aromatic nitrogens is 2. The van der Waals surface area contributed by atoms with Gasteiger partial charge in [-0.3, -0.25) is 14.7 Å². The number of sulfone groups is 1. The molecule has 42 heavy (non-hydrogen) atoms. The van der Waals surface area contributed by atoms with E-state index in [1.54, 1.807) is 18.2 Å². The van der Waals surface area contributed by atoms with Crippen LogP contribution >= 0.6 is 0 Å². The number of nitrogens with two attached hydrogens (primary N) is 1. The zero-order valence-electron chi connectivity index (χ0n) is 22.8. The lowest BCUT2D eigenvalue weighted by Crippen LogP contribution is -2.44. The van der Waals surface area contributed by atoms with Gasteiger partial charge in [-0.05, 0) is 62.5 Å². The summed E-state index contributed by atoms with van der Waals surface area (Å²) < 4.78 is 53.8. The summed E-state index contributed by atoms with van der Waals surface area (Å²) in [6, 6.07) is 10.2. The number of amides is 2. The van der Waals surface area contributed by atoms with Gasteiger partial charge in [0, 0.05) is 43.3 Å². The molecule has 14 heteroatoms. The average molecular weight is 598 g/mol. The van der Waals surface area contributed by atoms with Crippen molar-refractivity contribution in [3.63, 3.8) is 0 Å². The van der Waals surface area contributed by atoms with Crippen LogP contribution in [0.25, 0.3) is 10.9 Å². The van der Waals surface area contributed by atoms with Crippen LogP contribution in [0.2, 0.25) is 0 Å². The zero-order valence-corrected chi connectivity index (χ0v) is 23.6. The molecule has 0 radical (unpaired) electrons. The van der Waals surface area contributed by atoms with Gasteiger partial charge in [0.2, 0.25) is 15.7 Å². The summed E-state index contributed by atoms with van der Waals surface area (Å²) in [6.07, 6.45) is 0. The Morgan fingerprint density at radius 3 is 2.31 bits per heavy atom. The first-order valence-electron chi connectivity index (χ1n) is 13.1. The predicted octanol–water partition coefficient (Wildman–Crippen LogP) is 2.96. The number of piperazine rings is 1. The number of rotatable bonds is 7.